The summed E-state index contributed by atoms with van der Waals surface area (Å²) in [6.07, 6.45) is 8.52. The quantitative estimate of drug-likeness (QED) is 0.783. The van der Waals surface area contributed by atoms with Crippen LogP contribution in [0, 0.1) is 0 Å². The van der Waals surface area contributed by atoms with Gasteiger partial charge in [0.25, 0.3) is 0 Å². The van der Waals surface area contributed by atoms with Crippen molar-refractivity contribution >= 4 is 22.7 Å². The van der Waals surface area contributed by atoms with Crippen LogP contribution in [0.4, 0.5) is 0 Å². The van der Waals surface area contributed by atoms with Crippen LogP contribution in [-0.4, -0.2) is 16.2 Å². The molecule has 0 radical (unpaired) electrons. The number of hydrogen-bond acceptors (Lipinski definition) is 3. The van der Waals surface area contributed by atoms with Gasteiger partial charge in [-0.25, -0.2) is 0 Å². The van der Waals surface area contributed by atoms with Gasteiger partial charge in [-0.1, -0.05) is 13.0 Å². The van der Waals surface area contributed by atoms with Crippen LogP contribution in [0.3, 0.4) is 0 Å². The van der Waals surface area contributed by atoms with Crippen molar-refractivity contribution in [1.29, 1.82) is 0 Å². The zero-order valence-corrected chi connectivity index (χ0v) is 9.93. The number of nitrogens with two attached hydrogens (primary N) is 1. The topological polar surface area (TPSA) is 55.5 Å². The molecule has 15 heavy (non-hydrogen) atoms. The zero-order valence-electron chi connectivity index (χ0n) is 9.11. The molecule has 0 fully saturated rings. The van der Waals surface area contributed by atoms with Crippen molar-refractivity contribution in [3.8, 4) is 0 Å². The highest BCUT2D eigenvalue weighted by Gasteiger charge is 2.09. The predicted octanol–water partition coefficient (Wildman–Crippen LogP) is 2.47. The monoisotopic (exact) mass is 226 g/mol. The summed E-state index contributed by atoms with van der Waals surface area (Å²) in [4.78, 5) is 14.9. The summed E-state index contributed by atoms with van der Waals surface area (Å²) in [5.41, 5.74) is 5.08. The first-order valence-corrected chi connectivity index (χ1v) is 6.23. The molecule has 1 aliphatic heterocycles. The number of hydrogen-bond donors (Lipinski definition) is 1. The lowest BCUT2D eigenvalue weighted by Gasteiger charge is -2.13. The van der Waals surface area contributed by atoms with Crippen LogP contribution in [0.25, 0.3) is 0 Å². The van der Waals surface area contributed by atoms with Gasteiger partial charge in [-0.05, 0) is 25.7 Å². The van der Waals surface area contributed by atoms with Crippen molar-refractivity contribution in [2.75, 3.05) is 0 Å². The van der Waals surface area contributed by atoms with E-state index in [9.17, 15) is 4.79 Å². The maximum absolute atomic E-state index is 10.6. The Morgan fingerprint density at radius 1 is 1.73 bits per heavy atom. The van der Waals surface area contributed by atoms with E-state index in [-0.39, 0.29) is 5.91 Å². The van der Waals surface area contributed by atoms with Crippen LogP contribution in [0.2, 0.25) is 0 Å². The summed E-state index contributed by atoms with van der Waals surface area (Å²) in [6, 6.07) is 0. The van der Waals surface area contributed by atoms with Crippen LogP contribution < -0.4 is 5.73 Å². The zero-order chi connectivity index (χ0) is 11.1. The number of amides is 1. The number of carbonyl (C=O) groups is 1. The first-order chi connectivity index (χ1) is 7.18. The lowest BCUT2D eigenvalue weighted by Crippen LogP contribution is -2.11. The van der Waals surface area contributed by atoms with E-state index in [1.54, 1.807) is 0 Å². The van der Waals surface area contributed by atoms with Gasteiger partial charge in [0, 0.05) is 17.9 Å². The van der Waals surface area contributed by atoms with Crippen LogP contribution in [0.15, 0.2) is 17.3 Å². The molecule has 3 nitrogen and oxygen atoms in total. The molecule has 0 saturated carbocycles. The Balaban J connectivity index is 2.17. The number of nitrogens with zero attached hydrogens (tertiary/aromatic N) is 1. The van der Waals surface area contributed by atoms with Crippen molar-refractivity contribution in [3.63, 3.8) is 0 Å². The molecule has 1 rings (SSSR count). The van der Waals surface area contributed by atoms with E-state index in [1.807, 2.05) is 18.0 Å². The minimum Gasteiger partial charge on any atom is -0.370 e. The second-order valence-electron chi connectivity index (χ2n) is 3.73. The van der Waals surface area contributed by atoms with Crippen LogP contribution in [0.5, 0.6) is 0 Å². The number of allylic oxidation sites excluding steroid dienone is 1. The standard InChI is InChI=1S/C11H18N2OS/c1-9(5-4-6-10(12)14)15-11-7-2-3-8-13-11/h3,8-9H,2,4-7H2,1H3,(H2,12,14). The Morgan fingerprint density at radius 2 is 2.53 bits per heavy atom. The van der Waals surface area contributed by atoms with Crippen molar-refractivity contribution in [1.82, 2.24) is 0 Å². The largest absolute Gasteiger partial charge is 0.370 e. The summed E-state index contributed by atoms with van der Waals surface area (Å²) in [7, 11) is 0. The lowest BCUT2D eigenvalue weighted by atomic mass is 10.2. The highest BCUT2D eigenvalue weighted by molar-refractivity contribution is 8.14. The normalized spacial score (nSPS) is 17.3. The fourth-order valence-electron chi connectivity index (χ4n) is 1.43. The van der Waals surface area contributed by atoms with Crippen molar-refractivity contribution < 1.29 is 4.79 Å². The maximum Gasteiger partial charge on any atom is 0.217 e. The molecule has 1 amide bonds. The highest BCUT2D eigenvalue weighted by Crippen LogP contribution is 2.22. The lowest BCUT2D eigenvalue weighted by molar-refractivity contribution is -0.118. The van der Waals surface area contributed by atoms with Crippen molar-refractivity contribution in [2.45, 2.75) is 44.3 Å². The van der Waals surface area contributed by atoms with E-state index >= 15 is 0 Å². The van der Waals surface area contributed by atoms with Crippen molar-refractivity contribution in [2.24, 2.45) is 10.7 Å². The van der Waals surface area contributed by atoms with Gasteiger partial charge in [0.15, 0.2) is 0 Å². The SMILES string of the molecule is CC(CCCC(N)=O)SC1=NC=CCC1. The third-order valence-corrected chi connectivity index (χ3v) is 3.44. The molecule has 1 unspecified atom stereocenters. The second kappa shape index (κ2) is 6.67. The third-order valence-electron chi connectivity index (χ3n) is 2.22. The van der Waals surface area contributed by atoms with Gasteiger partial charge in [0.05, 0.1) is 5.04 Å². The predicted molar refractivity (Wildman–Crippen MR) is 65.9 cm³/mol. The van der Waals surface area contributed by atoms with Gasteiger partial charge in [-0.3, -0.25) is 9.79 Å². The Kier molecular flexibility index (Phi) is 5.47. The van der Waals surface area contributed by atoms with Crippen molar-refractivity contribution in [3.05, 3.63) is 12.3 Å². The first kappa shape index (κ1) is 12.3. The summed E-state index contributed by atoms with van der Waals surface area (Å²) in [6.45, 7) is 2.17. The number of primary amides is 1. The third kappa shape index (κ3) is 5.62. The smallest absolute Gasteiger partial charge is 0.217 e. The summed E-state index contributed by atoms with van der Waals surface area (Å²) < 4.78 is 0. The number of carbonyl (C=O) groups excluding carboxylic acids is 1. The maximum atomic E-state index is 10.6. The Bertz CT molecular complexity index is 274. The minimum atomic E-state index is -0.204. The molecule has 1 aliphatic rings. The summed E-state index contributed by atoms with van der Waals surface area (Å²) in [5.74, 6) is -0.204. The second-order valence-corrected chi connectivity index (χ2v) is 5.24. The minimum absolute atomic E-state index is 0.204. The van der Waals surface area contributed by atoms with Crippen LogP contribution in [0.1, 0.15) is 39.0 Å². The molecule has 1 heterocycles. The molecular weight excluding hydrogens is 208 g/mol. The van der Waals surface area contributed by atoms with E-state index in [0.717, 1.165) is 25.7 Å². The van der Waals surface area contributed by atoms with Gasteiger partial charge in [-0.15, -0.1) is 11.8 Å². The Labute approximate surface area is 95.2 Å². The van der Waals surface area contributed by atoms with Crippen LogP contribution >= 0.6 is 11.8 Å². The van der Waals surface area contributed by atoms with E-state index in [1.165, 1.54) is 5.04 Å². The fourth-order valence-corrected chi connectivity index (χ4v) is 2.53. The molecular formula is C11H18N2OS. The molecule has 0 aromatic heterocycles. The average Bonchev–Trinajstić information content (AvgIpc) is 2.18. The highest BCUT2D eigenvalue weighted by atomic mass is 32.2. The summed E-state index contributed by atoms with van der Waals surface area (Å²) >= 11 is 1.82. The fraction of sp³-hybridized carbons (Fsp3) is 0.636. The van der Waals surface area contributed by atoms with Gasteiger partial charge < -0.3 is 5.73 Å². The van der Waals surface area contributed by atoms with Gasteiger partial charge in [0.2, 0.25) is 5.91 Å². The average molecular weight is 226 g/mol. The molecule has 0 aromatic carbocycles. The molecule has 0 aromatic rings. The molecule has 1 atom stereocenters. The van der Waals surface area contributed by atoms with Gasteiger partial charge >= 0.3 is 0 Å². The first-order valence-electron chi connectivity index (χ1n) is 5.35. The summed E-state index contributed by atoms with van der Waals surface area (Å²) in [5, 5.41) is 1.73. The van der Waals surface area contributed by atoms with Gasteiger partial charge in [0.1, 0.15) is 0 Å². The van der Waals surface area contributed by atoms with Gasteiger partial charge in [-0.2, -0.15) is 0 Å². The van der Waals surface area contributed by atoms with E-state index in [4.69, 9.17) is 5.73 Å². The molecule has 4 heteroatoms. The molecule has 0 saturated heterocycles. The molecule has 2 N–H and O–H groups in total. The van der Waals surface area contributed by atoms with E-state index in [0.29, 0.717) is 11.7 Å². The van der Waals surface area contributed by atoms with E-state index < -0.39 is 0 Å². The van der Waals surface area contributed by atoms with Crippen LogP contribution in [-0.2, 0) is 4.79 Å². The molecule has 0 spiro atoms. The number of rotatable bonds is 5. The number of thioether (sulfide) groups is 1. The van der Waals surface area contributed by atoms with E-state index in [2.05, 4.69) is 18.0 Å². The molecule has 0 bridgehead atoms. The molecule has 84 valence electrons. The Hall–Kier alpha value is -0.770. The molecule has 0 aliphatic carbocycles. The number of aliphatic imine (C=N–C) groups is 1. The Morgan fingerprint density at radius 3 is 3.13 bits per heavy atom.